The van der Waals surface area contributed by atoms with E-state index in [0.717, 1.165) is 17.9 Å². The predicted octanol–water partition coefficient (Wildman–Crippen LogP) is 1.64. The van der Waals surface area contributed by atoms with Gasteiger partial charge in [0.1, 0.15) is 5.82 Å². The van der Waals surface area contributed by atoms with Gasteiger partial charge in [0.2, 0.25) is 0 Å². The van der Waals surface area contributed by atoms with Gasteiger partial charge in [-0.3, -0.25) is 4.79 Å². The molecule has 3 heterocycles. The molecule has 108 valence electrons. The molecule has 0 aliphatic rings. The second-order valence-electron chi connectivity index (χ2n) is 4.84. The van der Waals surface area contributed by atoms with E-state index in [1.165, 1.54) is 0 Å². The van der Waals surface area contributed by atoms with Crippen molar-refractivity contribution in [1.29, 1.82) is 0 Å². The molecule has 0 fully saturated rings. The lowest BCUT2D eigenvalue weighted by molar-refractivity contribution is 0.0928. The summed E-state index contributed by atoms with van der Waals surface area (Å²) in [6, 6.07) is 3.27. The molecule has 1 atom stereocenters. The van der Waals surface area contributed by atoms with Gasteiger partial charge in [0.25, 0.3) is 5.91 Å². The van der Waals surface area contributed by atoms with Crippen LogP contribution in [-0.4, -0.2) is 30.5 Å². The van der Waals surface area contributed by atoms with E-state index in [2.05, 4.69) is 25.4 Å². The van der Waals surface area contributed by atoms with Gasteiger partial charge in [-0.15, -0.1) is 0 Å². The first-order valence-corrected chi connectivity index (χ1v) is 6.80. The molecule has 0 unspecified atom stereocenters. The van der Waals surface area contributed by atoms with Crippen LogP contribution in [0.3, 0.4) is 0 Å². The summed E-state index contributed by atoms with van der Waals surface area (Å²) in [4.78, 5) is 23.9. The average Bonchev–Trinajstić information content (AvgIpc) is 3.10. The largest absolute Gasteiger partial charge is 0.344 e. The van der Waals surface area contributed by atoms with Gasteiger partial charge in [0.05, 0.1) is 6.04 Å². The molecule has 0 radical (unpaired) electrons. The highest BCUT2D eigenvalue weighted by molar-refractivity contribution is 5.93. The Balaban J connectivity index is 1.81. The van der Waals surface area contributed by atoms with Crippen molar-refractivity contribution in [3.05, 3.63) is 47.9 Å². The fourth-order valence-electron chi connectivity index (χ4n) is 2.15. The van der Waals surface area contributed by atoms with Crippen LogP contribution in [0, 0.1) is 6.92 Å². The number of aromatic amines is 1. The maximum Gasteiger partial charge on any atom is 0.272 e. The van der Waals surface area contributed by atoms with Gasteiger partial charge in [-0.2, -0.15) is 5.10 Å². The van der Waals surface area contributed by atoms with Crippen LogP contribution in [0.25, 0.3) is 5.65 Å². The van der Waals surface area contributed by atoms with E-state index in [9.17, 15) is 4.79 Å². The van der Waals surface area contributed by atoms with Crippen molar-refractivity contribution in [1.82, 2.24) is 29.9 Å². The molecule has 0 bridgehead atoms. The molecule has 0 saturated heterocycles. The van der Waals surface area contributed by atoms with Gasteiger partial charge in [0.15, 0.2) is 11.3 Å². The monoisotopic (exact) mass is 284 g/mol. The molecule has 3 rings (SSSR count). The highest BCUT2D eigenvalue weighted by Crippen LogP contribution is 2.14. The number of aromatic nitrogens is 5. The van der Waals surface area contributed by atoms with Crippen LogP contribution in [0.4, 0.5) is 0 Å². The number of carbonyl (C=O) groups excluding carboxylic acids is 1. The lowest BCUT2D eigenvalue weighted by atomic mass is 10.2. The second-order valence-corrected chi connectivity index (χ2v) is 4.84. The molecule has 21 heavy (non-hydrogen) atoms. The quantitative estimate of drug-likeness (QED) is 0.762. The first-order chi connectivity index (χ1) is 10.2. The molecule has 0 aliphatic carbocycles. The Bertz CT molecular complexity index is 741. The summed E-state index contributed by atoms with van der Waals surface area (Å²) >= 11 is 0. The van der Waals surface area contributed by atoms with E-state index in [4.69, 9.17) is 0 Å². The summed E-state index contributed by atoms with van der Waals surface area (Å²) in [7, 11) is 0. The zero-order chi connectivity index (χ0) is 14.8. The fraction of sp³-hybridized carbons (Fsp3) is 0.286. The molecule has 2 N–H and O–H groups in total. The number of amides is 1. The number of fused-ring (bicyclic) bond motifs is 1. The number of hydrogen-bond acceptors (Lipinski definition) is 4. The van der Waals surface area contributed by atoms with E-state index in [1.54, 1.807) is 35.2 Å². The van der Waals surface area contributed by atoms with Crippen molar-refractivity contribution in [2.75, 3.05) is 0 Å². The van der Waals surface area contributed by atoms with Crippen LogP contribution in [0.2, 0.25) is 0 Å². The highest BCUT2D eigenvalue weighted by atomic mass is 16.2. The molecule has 7 nitrogen and oxygen atoms in total. The van der Waals surface area contributed by atoms with E-state index in [-0.39, 0.29) is 11.9 Å². The van der Waals surface area contributed by atoms with Crippen LogP contribution in [0.1, 0.15) is 41.4 Å². The van der Waals surface area contributed by atoms with E-state index in [1.807, 2.05) is 13.8 Å². The van der Waals surface area contributed by atoms with Crippen LogP contribution in [0.5, 0.6) is 0 Å². The molecule has 3 aromatic heterocycles. The highest BCUT2D eigenvalue weighted by Gasteiger charge is 2.18. The maximum atomic E-state index is 12.3. The molecular formula is C14H16N6O. The molecule has 7 heteroatoms. The standard InChI is InChI=1S/C14H16N6O/c1-3-10(13-16-8-9(2)17-13)18-14(21)11-7-12-15-5-4-6-20(12)19-11/h4-8,10H,3H2,1-2H3,(H,16,17)(H,18,21)/t10-/m1/s1. The molecule has 1 amide bonds. The number of aryl methyl sites for hydroxylation is 1. The van der Waals surface area contributed by atoms with Crippen LogP contribution in [-0.2, 0) is 0 Å². The number of hydrogen-bond donors (Lipinski definition) is 2. The van der Waals surface area contributed by atoms with E-state index in [0.29, 0.717) is 11.3 Å². The van der Waals surface area contributed by atoms with Crippen molar-refractivity contribution < 1.29 is 4.79 Å². The second kappa shape index (κ2) is 5.35. The van der Waals surface area contributed by atoms with Crippen LogP contribution in [0.15, 0.2) is 30.7 Å². The Morgan fingerprint density at radius 2 is 2.33 bits per heavy atom. The minimum Gasteiger partial charge on any atom is -0.344 e. The Labute approximate surface area is 121 Å². The number of H-pyrrole nitrogens is 1. The summed E-state index contributed by atoms with van der Waals surface area (Å²) < 4.78 is 1.58. The van der Waals surface area contributed by atoms with Gasteiger partial charge in [0, 0.05) is 30.4 Å². The molecule has 0 saturated carbocycles. The Morgan fingerprint density at radius 3 is 3.00 bits per heavy atom. The third kappa shape index (κ3) is 2.62. The Morgan fingerprint density at radius 1 is 1.48 bits per heavy atom. The minimum absolute atomic E-state index is 0.163. The first kappa shape index (κ1) is 13.3. The third-order valence-corrected chi connectivity index (χ3v) is 3.23. The van der Waals surface area contributed by atoms with Gasteiger partial charge in [-0.05, 0) is 19.4 Å². The van der Waals surface area contributed by atoms with Gasteiger partial charge >= 0.3 is 0 Å². The summed E-state index contributed by atoms with van der Waals surface area (Å²) in [5.74, 6) is 0.520. The maximum absolute atomic E-state index is 12.3. The van der Waals surface area contributed by atoms with E-state index < -0.39 is 0 Å². The van der Waals surface area contributed by atoms with Gasteiger partial charge in [-0.25, -0.2) is 14.5 Å². The molecular weight excluding hydrogens is 268 g/mol. The molecule has 0 aromatic carbocycles. The predicted molar refractivity (Wildman–Crippen MR) is 76.8 cm³/mol. The number of carbonyl (C=O) groups is 1. The lowest BCUT2D eigenvalue weighted by Gasteiger charge is -2.13. The SMILES string of the molecule is CC[C@@H](NC(=O)c1cc2ncccn2n1)c1ncc(C)[nH]1. The zero-order valence-electron chi connectivity index (χ0n) is 11.9. The summed E-state index contributed by atoms with van der Waals surface area (Å²) in [6.45, 7) is 3.92. The number of nitrogens with zero attached hydrogens (tertiary/aromatic N) is 4. The van der Waals surface area contributed by atoms with Crippen molar-refractivity contribution in [3.8, 4) is 0 Å². The summed E-state index contributed by atoms with van der Waals surface area (Å²) in [5, 5.41) is 7.15. The smallest absolute Gasteiger partial charge is 0.272 e. The first-order valence-electron chi connectivity index (χ1n) is 6.80. The zero-order valence-corrected chi connectivity index (χ0v) is 11.9. The van der Waals surface area contributed by atoms with Crippen molar-refractivity contribution in [2.24, 2.45) is 0 Å². The third-order valence-electron chi connectivity index (χ3n) is 3.23. The van der Waals surface area contributed by atoms with Crippen LogP contribution < -0.4 is 5.32 Å². The van der Waals surface area contributed by atoms with E-state index >= 15 is 0 Å². The van der Waals surface area contributed by atoms with Crippen molar-refractivity contribution in [2.45, 2.75) is 26.3 Å². The molecule has 0 aliphatic heterocycles. The van der Waals surface area contributed by atoms with Crippen LogP contribution >= 0.6 is 0 Å². The normalized spacial score (nSPS) is 12.5. The molecule has 3 aromatic rings. The van der Waals surface area contributed by atoms with Gasteiger partial charge in [-0.1, -0.05) is 6.92 Å². The topological polar surface area (TPSA) is 88.0 Å². The lowest BCUT2D eigenvalue weighted by Crippen LogP contribution is -2.29. The Hall–Kier alpha value is -2.70. The average molecular weight is 284 g/mol. The van der Waals surface area contributed by atoms with Crippen molar-refractivity contribution in [3.63, 3.8) is 0 Å². The van der Waals surface area contributed by atoms with Gasteiger partial charge < -0.3 is 10.3 Å². The minimum atomic E-state index is -0.235. The Kier molecular flexibility index (Phi) is 3.39. The fourth-order valence-corrected chi connectivity index (χ4v) is 2.15. The number of nitrogens with one attached hydrogen (secondary N) is 2. The number of rotatable bonds is 4. The van der Waals surface area contributed by atoms with Crippen molar-refractivity contribution >= 4 is 11.6 Å². The molecule has 0 spiro atoms. The summed E-state index contributed by atoms with van der Waals surface area (Å²) in [6.07, 6.45) is 5.91. The number of imidazole rings is 1. The summed E-state index contributed by atoms with van der Waals surface area (Å²) in [5.41, 5.74) is 1.95.